The number of aromatic nitrogens is 2. The fourth-order valence-corrected chi connectivity index (χ4v) is 9.09. The number of halogens is 3. The maximum absolute atomic E-state index is 13.5. The second-order valence-corrected chi connectivity index (χ2v) is 15.5. The van der Waals surface area contributed by atoms with Gasteiger partial charge in [-0.2, -0.15) is 0 Å². The topological polar surface area (TPSA) is 16.8 Å². The molecule has 0 saturated heterocycles. The van der Waals surface area contributed by atoms with Gasteiger partial charge in [0, 0.05) is 0 Å². The molecule has 0 atom stereocenters. The molecule has 208 valence electrons. The summed E-state index contributed by atoms with van der Waals surface area (Å²) >= 11 is -0.838. The molecule has 5 aromatic rings. The van der Waals surface area contributed by atoms with Crippen LogP contribution in [0.3, 0.4) is 0 Å². The number of benzene rings is 3. The van der Waals surface area contributed by atoms with E-state index < -0.39 is 32.0 Å². The number of hydrogen-bond acceptors (Lipinski definition) is 1. The Hall–Kier alpha value is -2.68. The number of fused-ring (bicyclic) bond motifs is 2. The molecule has 0 fully saturated rings. The van der Waals surface area contributed by atoms with Gasteiger partial charge in [0.25, 0.3) is 0 Å². The molecule has 0 aliphatic rings. The van der Waals surface area contributed by atoms with Crippen molar-refractivity contribution in [1.82, 2.24) is 4.98 Å². The zero-order valence-electron chi connectivity index (χ0n) is 24.4. The molecule has 0 bridgehead atoms. The fourth-order valence-electron chi connectivity index (χ4n) is 5.53. The Balaban J connectivity index is 1.66. The zero-order chi connectivity index (χ0) is 29.2. The van der Waals surface area contributed by atoms with Crippen LogP contribution in [0.4, 0.5) is 13.2 Å². The third-order valence-corrected chi connectivity index (χ3v) is 11.2. The van der Waals surface area contributed by atoms with Crippen LogP contribution in [0.2, 0.25) is 0 Å². The van der Waals surface area contributed by atoms with E-state index in [1.165, 1.54) is 50.4 Å². The minimum absolute atomic E-state index is 0.0174. The van der Waals surface area contributed by atoms with Gasteiger partial charge in [-0.3, -0.25) is 0 Å². The van der Waals surface area contributed by atoms with Crippen LogP contribution in [0.1, 0.15) is 56.9 Å². The predicted octanol–water partition coefficient (Wildman–Crippen LogP) is 8.65. The van der Waals surface area contributed by atoms with E-state index in [0.717, 1.165) is 20.4 Å². The van der Waals surface area contributed by atoms with Crippen LogP contribution in [0, 0.1) is 19.3 Å². The van der Waals surface area contributed by atoms with E-state index in [4.69, 9.17) is 4.98 Å². The van der Waals surface area contributed by atoms with E-state index in [0.29, 0.717) is 5.56 Å². The van der Waals surface area contributed by atoms with Crippen LogP contribution in [0.5, 0.6) is 0 Å². The van der Waals surface area contributed by atoms with E-state index in [9.17, 15) is 13.2 Å². The van der Waals surface area contributed by atoms with Gasteiger partial charge in [-0.05, 0) is 0 Å². The number of nitrogens with zero attached hydrogens (tertiary/aromatic N) is 2. The molecule has 40 heavy (non-hydrogen) atoms. The molecule has 2 aromatic heterocycles. The average molecular weight is 657 g/mol. The molecule has 2 nitrogen and oxygen atoms in total. The summed E-state index contributed by atoms with van der Waals surface area (Å²) in [7, 11) is 2.11. The van der Waals surface area contributed by atoms with Crippen molar-refractivity contribution in [2.75, 3.05) is 0 Å². The van der Waals surface area contributed by atoms with E-state index in [2.05, 4.69) is 81.9 Å². The zero-order valence-corrected chi connectivity index (χ0v) is 26.7. The number of aryl methyl sites for hydroxylation is 3. The summed E-state index contributed by atoms with van der Waals surface area (Å²) in [6.07, 6.45) is -2.20. The Morgan fingerprint density at radius 2 is 1.52 bits per heavy atom. The average Bonchev–Trinajstić information content (AvgIpc) is 3.27. The first-order valence-electron chi connectivity index (χ1n) is 13.6. The Labute approximate surface area is 244 Å². The molecule has 0 aliphatic carbocycles. The van der Waals surface area contributed by atoms with Gasteiger partial charge in [-0.15, -0.1) is 0 Å². The van der Waals surface area contributed by atoms with Crippen molar-refractivity contribution >= 4 is 40.1 Å². The molecule has 0 saturated carbocycles. The molecule has 3 aromatic carbocycles. The number of rotatable bonds is 4. The quantitative estimate of drug-likeness (QED) is 0.140. The summed E-state index contributed by atoms with van der Waals surface area (Å²) in [6.45, 7) is 13.5. The van der Waals surface area contributed by atoms with Gasteiger partial charge >= 0.3 is 245 Å². The van der Waals surface area contributed by atoms with Crippen LogP contribution in [0.25, 0.3) is 40.2 Å². The molecule has 0 aliphatic heterocycles. The molecule has 0 radical (unpaired) electrons. The van der Waals surface area contributed by atoms with E-state index >= 15 is 0 Å². The third-order valence-electron chi connectivity index (χ3n) is 7.99. The van der Waals surface area contributed by atoms with Gasteiger partial charge in [0.1, 0.15) is 0 Å². The van der Waals surface area contributed by atoms with Crippen molar-refractivity contribution < 1.29 is 17.7 Å². The molecule has 0 spiro atoms. The van der Waals surface area contributed by atoms with Crippen molar-refractivity contribution in [1.29, 1.82) is 0 Å². The molecule has 0 amide bonds. The van der Waals surface area contributed by atoms with Gasteiger partial charge in [0.15, 0.2) is 0 Å². The SMILES string of the molecule is Cc1cc(CC(C)(C)C(F)(F)F)ccc1-c1nc2cc[n+](C)c(-c3cc(C(C)(C)C)c4ccccc4c3C)c2[te]1. The Morgan fingerprint density at radius 3 is 2.15 bits per heavy atom. The molecule has 2 heterocycles. The molecule has 5 rings (SSSR count). The summed E-state index contributed by atoms with van der Waals surface area (Å²) < 4.78 is 45.1. The van der Waals surface area contributed by atoms with Gasteiger partial charge in [-0.1, -0.05) is 0 Å². The number of alkyl halides is 3. The summed E-state index contributed by atoms with van der Waals surface area (Å²) in [5, 5.41) is 2.57. The van der Waals surface area contributed by atoms with Crippen molar-refractivity contribution in [3.05, 3.63) is 83.0 Å². The van der Waals surface area contributed by atoms with Crippen LogP contribution < -0.4 is 4.57 Å². The van der Waals surface area contributed by atoms with Gasteiger partial charge in [0.05, 0.1) is 0 Å². The van der Waals surface area contributed by atoms with Gasteiger partial charge in [0.2, 0.25) is 0 Å². The standard InChI is InChI=1S/C34H36F3N2Te/c1-20-17-22(19-33(6,7)34(35,36)37)13-14-23(20)31-38-28-15-16-39(8)29(30(28)40-31)26-18-27(32(3,4)5)25-12-10-9-11-24(25)21(26)2/h9-18H,19H2,1-8H3/q+1. The van der Waals surface area contributed by atoms with Crippen molar-refractivity contribution in [3.8, 4) is 20.5 Å². The number of hydrogen-bond donors (Lipinski definition) is 0. The predicted molar refractivity (Wildman–Crippen MR) is 160 cm³/mol. The number of pyridine rings is 1. The van der Waals surface area contributed by atoms with Gasteiger partial charge < -0.3 is 0 Å². The first-order chi connectivity index (χ1) is 18.6. The van der Waals surface area contributed by atoms with E-state index in [1.807, 2.05) is 25.1 Å². The van der Waals surface area contributed by atoms with Crippen LogP contribution in [-0.4, -0.2) is 31.6 Å². The van der Waals surface area contributed by atoms with E-state index in [1.54, 1.807) is 0 Å². The minimum atomic E-state index is -4.25. The summed E-state index contributed by atoms with van der Waals surface area (Å²) in [6, 6.07) is 18.9. The third kappa shape index (κ3) is 5.10. The first-order valence-corrected chi connectivity index (χ1v) is 15.9. The second kappa shape index (κ2) is 10.00. The molecule has 0 unspecified atom stereocenters. The Morgan fingerprint density at radius 1 is 0.850 bits per heavy atom. The van der Waals surface area contributed by atoms with Crippen LogP contribution in [0.15, 0.2) is 60.8 Å². The molecular formula is C34H36F3N2Te+. The van der Waals surface area contributed by atoms with E-state index in [-0.39, 0.29) is 11.8 Å². The molecule has 0 N–H and O–H groups in total. The van der Waals surface area contributed by atoms with Gasteiger partial charge in [-0.25, -0.2) is 0 Å². The first kappa shape index (κ1) is 28.8. The summed E-state index contributed by atoms with van der Waals surface area (Å²) in [5.74, 6) is 0. The van der Waals surface area contributed by atoms with Crippen LogP contribution in [-0.2, 0) is 18.9 Å². The summed E-state index contributed by atoms with van der Waals surface area (Å²) in [4.78, 5) is 5.10. The second-order valence-electron chi connectivity index (χ2n) is 12.6. The summed E-state index contributed by atoms with van der Waals surface area (Å²) in [5.41, 5.74) is 7.00. The monoisotopic (exact) mass is 659 g/mol. The normalized spacial score (nSPS) is 13.0. The Bertz CT molecular complexity index is 1750. The molecular weight excluding hydrogens is 621 g/mol. The van der Waals surface area contributed by atoms with Crippen molar-refractivity contribution in [2.24, 2.45) is 12.5 Å². The maximum atomic E-state index is 13.5. The van der Waals surface area contributed by atoms with Crippen LogP contribution >= 0.6 is 0 Å². The van der Waals surface area contributed by atoms with Crippen molar-refractivity contribution in [2.45, 2.75) is 66.5 Å². The van der Waals surface area contributed by atoms with Crippen molar-refractivity contribution in [3.63, 3.8) is 0 Å². The Kier molecular flexibility index (Phi) is 7.21. The fraction of sp³-hybridized carbons (Fsp3) is 0.353. The molecule has 6 heteroatoms.